The second kappa shape index (κ2) is 6.26. The molecule has 0 saturated carbocycles. The molecule has 1 rings (SSSR count). The van der Waals surface area contributed by atoms with E-state index in [-0.39, 0.29) is 11.9 Å². The zero-order valence-electron chi connectivity index (χ0n) is 10.2. The first-order valence-corrected chi connectivity index (χ1v) is 5.89. The van der Waals surface area contributed by atoms with Gasteiger partial charge in [0.25, 0.3) is 0 Å². The summed E-state index contributed by atoms with van der Waals surface area (Å²) in [5.74, 6) is -0.304. The molecule has 2 atom stereocenters. The molecule has 0 radical (unpaired) electrons. The van der Waals surface area contributed by atoms with Crippen LogP contribution >= 0.6 is 11.6 Å². The maximum Gasteiger partial charge on any atom is 0.312 e. The van der Waals surface area contributed by atoms with Gasteiger partial charge in [-0.15, -0.1) is 0 Å². The number of nitrogens with two attached hydrogens (primary N) is 1. The van der Waals surface area contributed by atoms with Crippen molar-refractivity contribution in [3.8, 4) is 0 Å². The molecule has 2 unspecified atom stereocenters. The van der Waals surface area contributed by atoms with E-state index in [2.05, 4.69) is 10.6 Å². The molecule has 0 saturated heterocycles. The highest BCUT2D eigenvalue weighted by molar-refractivity contribution is 6.30. The SMILES string of the molecule is CC(NC(N)=O)C(=O)NC(C)c1cccc(Cl)c1. The number of nitrogens with one attached hydrogen (secondary N) is 2. The van der Waals surface area contributed by atoms with Crippen LogP contribution in [-0.2, 0) is 4.79 Å². The fraction of sp³-hybridized carbons (Fsp3) is 0.333. The molecule has 0 spiro atoms. The largest absolute Gasteiger partial charge is 0.352 e. The van der Waals surface area contributed by atoms with Gasteiger partial charge in [0.15, 0.2) is 0 Å². The smallest absolute Gasteiger partial charge is 0.312 e. The number of halogens is 1. The van der Waals surface area contributed by atoms with Crippen LogP contribution in [-0.4, -0.2) is 18.0 Å². The fourth-order valence-corrected chi connectivity index (χ4v) is 1.68. The third kappa shape index (κ3) is 4.25. The number of urea groups is 1. The lowest BCUT2D eigenvalue weighted by molar-refractivity contribution is -0.123. The van der Waals surface area contributed by atoms with Crippen LogP contribution < -0.4 is 16.4 Å². The van der Waals surface area contributed by atoms with E-state index in [0.717, 1.165) is 5.56 Å². The fourth-order valence-electron chi connectivity index (χ4n) is 1.48. The summed E-state index contributed by atoms with van der Waals surface area (Å²) in [6.07, 6.45) is 0. The summed E-state index contributed by atoms with van der Waals surface area (Å²) in [6.45, 7) is 3.39. The molecule has 98 valence electrons. The lowest BCUT2D eigenvalue weighted by Crippen LogP contribution is -2.47. The number of primary amides is 1. The molecule has 3 amide bonds. The molecule has 5 nitrogen and oxygen atoms in total. The van der Waals surface area contributed by atoms with E-state index in [4.69, 9.17) is 17.3 Å². The van der Waals surface area contributed by atoms with Crippen molar-refractivity contribution < 1.29 is 9.59 Å². The second-order valence-corrected chi connectivity index (χ2v) is 4.45. The number of hydrogen-bond acceptors (Lipinski definition) is 2. The molecule has 1 aromatic carbocycles. The van der Waals surface area contributed by atoms with Crippen molar-refractivity contribution in [2.45, 2.75) is 25.9 Å². The van der Waals surface area contributed by atoms with E-state index >= 15 is 0 Å². The maximum absolute atomic E-state index is 11.7. The summed E-state index contributed by atoms with van der Waals surface area (Å²) in [7, 11) is 0. The summed E-state index contributed by atoms with van der Waals surface area (Å²) in [6, 6.07) is 5.61. The van der Waals surface area contributed by atoms with Gasteiger partial charge in [0.05, 0.1) is 6.04 Å². The van der Waals surface area contributed by atoms with Crippen molar-refractivity contribution in [1.29, 1.82) is 0 Å². The Labute approximate surface area is 111 Å². The number of rotatable bonds is 4. The Kier molecular flexibility index (Phi) is 4.97. The molecular formula is C12H16ClN3O2. The Balaban J connectivity index is 2.62. The van der Waals surface area contributed by atoms with E-state index < -0.39 is 12.1 Å². The summed E-state index contributed by atoms with van der Waals surface area (Å²) < 4.78 is 0. The van der Waals surface area contributed by atoms with Crippen molar-refractivity contribution in [2.24, 2.45) is 5.73 Å². The molecule has 0 heterocycles. The molecule has 0 aliphatic heterocycles. The molecular weight excluding hydrogens is 254 g/mol. The molecule has 0 aliphatic rings. The normalized spacial score (nSPS) is 13.5. The highest BCUT2D eigenvalue weighted by atomic mass is 35.5. The van der Waals surface area contributed by atoms with E-state index in [1.54, 1.807) is 19.1 Å². The lowest BCUT2D eigenvalue weighted by Gasteiger charge is -2.18. The predicted molar refractivity (Wildman–Crippen MR) is 70.2 cm³/mol. The third-order valence-corrected chi connectivity index (χ3v) is 2.69. The first-order valence-electron chi connectivity index (χ1n) is 5.52. The predicted octanol–water partition coefficient (Wildman–Crippen LogP) is 1.57. The molecule has 0 aromatic heterocycles. The van der Waals surface area contributed by atoms with Gasteiger partial charge in [0.1, 0.15) is 6.04 Å². The summed E-state index contributed by atoms with van der Waals surface area (Å²) in [4.78, 5) is 22.4. The minimum absolute atomic E-state index is 0.201. The highest BCUT2D eigenvalue weighted by Gasteiger charge is 2.16. The van der Waals surface area contributed by atoms with Gasteiger partial charge in [-0.05, 0) is 31.5 Å². The van der Waals surface area contributed by atoms with Gasteiger partial charge < -0.3 is 16.4 Å². The van der Waals surface area contributed by atoms with E-state index in [1.807, 2.05) is 19.1 Å². The molecule has 0 fully saturated rings. The lowest BCUT2D eigenvalue weighted by atomic mass is 10.1. The Morgan fingerprint density at radius 2 is 1.94 bits per heavy atom. The number of hydrogen-bond donors (Lipinski definition) is 3. The second-order valence-electron chi connectivity index (χ2n) is 4.02. The van der Waals surface area contributed by atoms with Crippen LogP contribution in [0.4, 0.5) is 4.79 Å². The Hall–Kier alpha value is -1.75. The maximum atomic E-state index is 11.7. The standard InChI is InChI=1S/C12H16ClN3O2/c1-7(9-4-3-5-10(13)6-9)15-11(17)8(2)16-12(14)18/h3-8H,1-2H3,(H,15,17)(H3,14,16,18). The minimum Gasteiger partial charge on any atom is -0.352 e. The van der Waals surface area contributed by atoms with Gasteiger partial charge in [-0.25, -0.2) is 4.79 Å². The zero-order chi connectivity index (χ0) is 13.7. The van der Waals surface area contributed by atoms with Crippen LogP contribution in [0.25, 0.3) is 0 Å². The van der Waals surface area contributed by atoms with Crippen molar-refractivity contribution in [3.63, 3.8) is 0 Å². The Morgan fingerprint density at radius 3 is 2.50 bits per heavy atom. The molecule has 0 bridgehead atoms. The van der Waals surface area contributed by atoms with Gasteiger partial charge in [-0.3, -0.25) is 4.79 Å². The van der Waals surface area contributed by atoms with Gasteiger partial charge in [-0.1, -0.05) is 23.7 Å². The summed E-state index contributed by atoms with van der Waals surface area (Å²) in [5.41, 5.74) is 5.84. The average Bonchev–Trinajstić information content (AvgIpc) is 2.27. The monoisotopic (exact) mass is 269 g/mol. The Bertz CT molecular complexity index is 451. The van der Waals surface area contributed by atoms with Crippen LogP contribution in [0.1, 0.15) is 25.5 Å². The van der Waals surface area contributed by atoms with E-state index in [1.165, 1.54) is 0 Å². The van der Waals surface area contributed by atoms with Crippen LogP contribution in [0.3, 0.4) is 0 Å². The first-order chi connectivity index (χ1) is 8.40. The van der Waals surface area contributed by atoms with Crippen LogP contribution in [0.5, 0.6) is 0 Å². The summed E-state index contributed by atoms with van der Waals surface area (Å²) in [5, 5.41) is 5.68. The molecule has 0 aliphatic carbocycles. The van der Waals surface area contributed by atoms with Crippen molar-refractivity contribution in [1.82, 2.24) is 10.6 Å². The average molecular weight is 270 g/mol. The van der Waals surface area contributed by atoms with Crippen molar-refractivity contribution in [2.75, 3.05) is 0 Å². The number of benzene rings is 1. The quantitative estimate of drug-likeness (QED) is 0.775. The van der Waals surface area contributed by atoms with Gasteiger partial charge in [-0.2, -0.15) is 0 Å². The van der Waals surface area contributed by atoms with Crippen molar-refractivity contribution in [3.05, 3.63) is 34.9 Å². The van der Waals surface area contributed by atoms with E-state index in [0.29, 0.717) is 5.02 Å². The van der Waals surface area contributed by atoms with Crippen LogP contribution in [0.2, 0.25) is 5.02 Å². The first kappa shape index (κ1) is 14.3. The van der Waals surface area contributed by atoms with E-state index in [9.17, 15) is 9.59 Å². The number of carbonyl (C=O) groups excluding carboxylic acids is 2. The number of carbonyl (C=O) groups is 2. The van der Waals surface area contributed by atoms with Crippen molar-refractivity contribution >= 4 is 23.5 Å². The minimum atomic E-state index is -0.729. The zero-order valence-corrected chi connectivity index (χ0v) is 11.0. The molecule has 4 N–H and O–H groups in total. The Morgan fingerprint density at radius 1 is 1.28 bits per heavy atom. The van der Waals surface area contributed by atoms with Crippen LogP contribution in [0.15, 0.2) is 24.3 Å². The van der Waals surface area contributed by atoms with Gasteiger partial charge in [0, 0.05) is 5.02 Å². The molecule has 18 heavy (non-hydrogen) atoms. The topological polar surface area (TPSA) is 84.2 Å². The third-order valence-electron chi connectivity index (χ3n) is 2.46. The molecule has 1 aromatic rings. The number of amides is 3. The van der Waals surface area contributed by atoms with Crippen LogP contribution in [0, 0.1) is 0 Å². The molecule has 6 heteroatoms. The highest BCUT2D eigenvalue weighted by Crippen LogP contribution is 2.17. The van der Waals surface area contributed by atoms with Gasteiger partial charge >= 0.3 is 6.03 Å². The van der Waals surface area contributed by atoms with Gasteiger partial charge in [0.2, 0.25) is 5.91 Å². The summed E-state index contributed by atoms with van der Waals surface area (Å²) >= 11 is 5.87.